The van der Waals surface area contributed by atoms with Crippen molar-refractivity contribution >= 4 is 22.7 Å². The molecule has 1 unspecified atom stereocenters. The minimum atomic E-state index is -0.188. The first kappa shape index (κ1) is 25.3. The van der Waals surface area contributed by atoms with Crippen LogP contribution in [0.5, 0.6) is 0 Å². The maximum absolute atomic E-state index is 14.1. The van der Waals surface area contributed by atoms with E-state index in [2.05, 4.69) is 38.4 Å². The molecule has 2 fully saturated rings. The van der Waals surface area contributed by atoms with E-state index in [1.165, 1.54) is 12.3 Å². The fraction of sp³-hybridized carbons (Fsp3) is 0.483. The number of rotatable bonds is 9. The van der Waals surface area contributed by atoms with Gasteiger partial charge in [-0.2, -0.15) is 0 Å². The van der Waals surface area contributed by atoms with Gasteiger partial charge in [-0.05, 0) is 61.4 Å². The summed E-state index contributed by atoms with van der Waals surface area (Å²) < 4.78 is 3.82. The van der Waals surface area contributed by atoms with Crippen LogP contribution in [0.3, 0.4) is 0 Å². The molecule has 5 rings (SSSR count). The van der Waals surface area contributed by atoms with E-state index in [0.717, 1.165) is 55.4 Å². The van der Waals surface area contributed by atoms with Crippen molar-refractivity contribution in [2.45, 2.75) is 57.7 Å². The summed E-state index contributed by atoms with van der Waals surface area (Å²) in [6, 6.07) is 12.3. The molecule has 1 saturated carbocycles. The van der Waals surface area contributed by atoms with E-state index >= 15 is 0 Å². The lowest BCUT2D eigenvalue weighted by Crippen LogP contribution is -2.47. The van der Waals surface area contributed by atoms with Crippen molar-refractivity contribution in [1.29, 1.82) is 0 Å². The summed E-state index contributed by atoms with van der Waals surface area (Å²) in [5, 5.41) is 7.47. The van der Waals surface area contributed by atoms with Gasteiger partial charge in [0.2, 0.25) is 11.8 Å². The minimum absolute atomic E-state index is 0.0111. The molecule has 37 heavy (non-hydrogen) atoms. The number of amides is 2. The Kier molecular flexibility index (Phi) is 7.46. The van der Waals surface area contributed by atoms with Crippen LogP contribution in [-0.2, 0) is 29.7 Å². The van der Waals surface area contributed by atoms with E-state index < -0.39 is 0 Å². The van der Waals surface area contributed by atoms with Crippen LogP contribution < -0.4 is 16.2 Å². The van der Waals surface area contributed by atoms with Crippen molar-refractivity contribution in [2.75, 3.05) is 19.6 Å². The smallest absolute Gasteiger partial charge is 0.250 e. The van der Waals surface area contributed by atoms with Crippen molar-refractivity contribution in [3.8, 4) is 0 Å². The molecule has 8 heteroatoms. The molecule has 2 amide bonds. The Morgan fingerprint density at radius 3 is 2.73 bits per heavy atom. The number of nitrogens with one attached hydrogen (secondary N) is 2. The highest BCUT2D eigenvalue weighted by atomic mass is 16.2. The van der Waals surface area contributed by atoms with Gasteiger partial charge in [0, 0.05) is 75.6 Å². The van der Waals surface area contributed by atoms with Crippen LogP contribution in [0.1, 0.15) is 49.7 Å². The number of benzene rings is 1. The fourth-order valence-corrected chi connectivity index (χ4v) is 5.63. The number of nitrogens with zero attached hydrogens (tertiary/aromatic N) is 3. The van der Waals surface area contributed by atoms with E-state index in [4.69, 9.17) is 0 Å². The summed E-state index contributed by atoms with van der Waals surface area (Å²) in [6.07, 6.45) is 7.75. The Hall–Kier alpha value is -3.39. The quantitative estimate of drug-likeness (QED) is 0.440. The highest BCUT2D eigenvalue weighted by molar-refractivity contribution is 5.85. The predicted molar refractivity (Wildman–Crippen MR) is 144 cm³/mol. The number of aryl methyl sites for hydroxylation is 2. The highest BCUT2D eigenvalue weighted by Gasteiger charge is 2.40. The molecule has 2 N–H and O–H groups in total. The Balaban J connectivity index is 1.38. The van der Waals surface area contributed by atoms with E-state index in [9.17, 15) is 14.4 Å². The third-order valence-corrected chi connectivity index (χ3v) is 7.79. The van der Waals surface area contributed by atoms with Crippen molar-refractivity contribution in [3.05, 3.63) is 70.3 Å². The molecule has 1 aliphatic heterocycles. The molecule has 8 nitrogen and oxygen atoms in total. The molecular weight excluding hydrogens is 466 g/mol. The second-order valence-corrected chi connectivity index (χ2v) is 10.5. The molecule has 1 aliphatic carbocycles. The maximum Gasteiger partial charge on any atom is 0.250 e. The lowest BCUT2D eigenvalue weighted by Gasteiger charge is -2.35. The number of carbonyl (C=O) groups is 2. The van der Waals surface area contributed by atoms with Crippen molar-refractivity contribution in [1.82, 2.24) is 24.7 Å². The molecule has 2 aromatic heterocycles. The van der Waals surface area contributed by atoms with Crippen LogP contribution >= 0.6 is 0 Å². The van der Waals surface area contributed by atoms with Gasteiger partial charge < -0.3 is 24.7 Å². The average Bonchev–Trinajstić information content (AvgIpc) is 3.69. The van der Waals surface area contributed by atoms with Gasteiger partial charge in [0.05, 0.1) is 5.92 Å². The summed E-state index contributed by atoms with van der Waals surface area (Å²) in [4.78, 5) is 39.7. The third kappa shape index (κ3) is 5.64. The molecule has 1 aromatic carbocycles. The monoisotopic (exact) mass is 503 g/mol. The molecule has 3 heterocycles. The molecule has 0 radical (unpaired) electrons. The van der Waals surface area contributed by atoms with Gasteiger partial charge in [-0.25, -0.2) is 0 Å². The first-order valence-corrected chi connectivity index (χ1v) is 13.4. The molecule has 1 saturated heterocycles. The number of piperidine rings is 1. The third-order valence-electron chi connectivity index (χ3n) is 7.79. The maximum atomic E-state index is 14.1. The molecule has 0 bridgehead atoms. The first-order valence-electron chi connectivity index (χ1n) is 13.4. The summed E-state index contributed by atoms with van der Waals surface area (Å²) in [5.74, 6) is 0.0253. The fourth-order valence-electron chi connectivity index (χ4n) is 5.63. The summed E-state index contributed by atoms with van der Waals surface area (Å²) in [5.41, 5.74) is 3.24. The lowest BCUT2D eigenvalue weighted by atomic mass is 9.80. The standard InChI is InChI=1S/C29H37N5O3/c1-20(35)31-12-5-14-33-18-22(25-6-3-4-7-27(25)33)19-34(23-8-9-23)29(37)26-17-30-13-10-24(26)21-11-15-32(2)28(36)16-21/h3-4,6-7,11,15-16,18,23-24,26,30H,5,8-10,12-14,17,19H2,1-2H3,(H,31,35)/t24-,26?/m1/s1. The number of aromatic nitrogens is 2. The molecule has 2 aliphatic rings. The zero-order valence-electron chi connectivity index (χ0n) is 21.8. The summed E-state index contributed by atoms with van der Waals surface area (Å²) in [7, 11) is 1.75. The van der Waals surface area contributed by atoms with E-state index in [1.54, 1.807) is 23.9 Å². The van der Waals surface area contributed by atoms with Crippen LogP contribution in [0.15, 0.2) is 53.6 Å². The Bertz CT molecular complexity index is 1340. The molecule has 3 aromatic rings. The number of fused-ring (bicyclic) bond motifs is 1. The normalized spacial score (nSPS) is 19.6. The van der Waals surface area contributed by atoms with Crippen molar-refractivity contribution < 1.29 is 9.59 Å². The number of pyridine rings is 1. The number of hydrogen-bond donors (Lipinski definition) is 2. The van der Waals surface area contributed by atoms with Gasteiger partial charge >= 0.3 is 0 Å². The average molecular weight is 504 g/mol. The Labute approximate surface area is 217 Å². The largest absolute Gasteiger partial charge is 0.356 e. The van der Waals surface area contributed by atoms with Crippen LogP contribution in [-0.4, -0.2) is 51.5 Å². The molecule has 0 spiro atoms. The van der Waals surface area contributed by atoms with Crippen LogP contribution in [0, 0.1) is 5.92 Å². The van der Waals surface area contributed by atoms with Crippen LogP contribution in [0.2, 0.25) is 0 Å². The van der Waals surface area contributed by atoms with Crippen molar-refractivity contribution in [2.24, 2.45) is 13.0 Å². The first-order chi connectivity index (χ1) is 17.9. The SMILES string of the molecule is CC(=O)NCCCn1cc(CN(C(=O)C2CNCC[C@@H]2c2ccn(C)c(=O)c2)C2CC2)c2ccccc21. The Morgan fingerprint density at radius 2 is 1.97 bits per heavy atom. The van der Waals surface area contributed by atoms with Crippen LogP contribution in [0.4, 0.5) is 0 Å². The van der Waals surface area contributed by atoms with Gasteiger partial charge in [0.15, 0.2) is 0 Å². The van der Waals surface area contributed by atoms with Gasteiger partial charge in [0.1, 0.15) is 0 Å². The van der Waals surface area contributed by atoms with Gasteiger partial charge in [-0.3, -0.25) is 14.4 Å². The van der Waals surface area contributed by atoms with E-state index in [1.807, 2.05) is 18.2 Å². The lowest BCUT2D eigenvalue weighted by molar-refractivity contribution is -0.138. The van der Waals surface area contributed by atoms with Gasteiger partial charge in [0.25, 0.3) is 5.56 Å². The number of para-hydroxylation sites is 1. The number of hydrogen-bond acceptors (Lipinski definition) is 4. The molecule has 2 atom stereocenters. The minimum Gasteiger partial charge on any atom is -0.356 e. The topological polar surface area (TPSA) is 88.4 Å². The van der Waals surface area contributed by atoms with E-state index in [-0.39, 0.29) is 35.3 Å². The molecular formula is C29H37N5O3. The second kappa shape index (κ2) is 10.9. The highest BCUT2D eigenvalue weighted by Crippen LogP contribution is 2.36. The zero-order valence-corrected chi connectivity index (χ0v) is 21.8. The zero-order chi connectivity index (χ0) is 25.9. The van der Waals surface area contributed by atoms with Gasteiger partial charge in [-0.1, -0.05) is 18.2 Å². The van der Waals surface area contributed by atoms with Crippen LogP contribution in [0.25, 0.3) is 10.9 Å². The number of carbonyl (C=O) groups excluding carboxylic acids is 2. The second-order valence-electron chi connectivity index (χ2n) is 10.5. The Morgan fingerprint density at radius 1 is 1.16 bits per heavy atom. The molecule has 196 valence electrons. The van der Waals surface area contributed by atoms with Crippen molar-refractivity contribution in [3.63, 3.8) is 0 Å². The van der Waals surface area contributed by atoms with Gasteiger partial charge in [-0.15, -0.1) is 0 Å². The van der Waals surface area contributed by atoms with E-state index in [0.29, 0.717) is 19.6 Å². The predicted octanol–water partition coefficient (Wildman–Crippen LogP) is 2.75. The summed E-state index contributed by atoms with van der Waals surface area (Å²) in [6.45, 7) is 5.04. The summed E-state index contributed by atoms with van der Waals surface area (Å²) >= 11 is 0.